The summed E-state index contributed by atoms with van der Waals surface area (Å²) < 4.78 is 28.9. The van der Waals surface area contributed by atoms with Gasteiger partial charge in [0.25, 0.3) is 0 Å². The fourth-order valence-corrected chi connectivity index (χ4v) is 4.91. The number of benzene rings is 3. The van der Waals surface area contributed by atoms with Crippen LogP contribution in [-0.2, 0) is 16.6 Å². The van der Waals surface area contributed by atoms with Gasteiger partial charge in [-0.15, -0.1) is 0 Å². The molecule has 0 saturated heterocycles. The molecular formula is C22H21BrN2O3S. The van der Waals surface area contributed by atoms with Crippen molar-refractivity contribution in [3.63, 3.8) is 0 Å². The Kier molecular flexibility index (Phi) is 5.38. The van der Waals surface area contributed by atoms with Crippen LogP contribution < -0.4 is 4.31 Å². The highest BCUT2D eigenvalue weighted by Gasteiger charge is 2.22. The molecule has 1 N–H and O–H groups in total. The number of aliphatic hydroxyl groups is 1. The van der Waals surface area contributed by atoms with Crippen LogP contribution in [0.1, 0.15) is 0 Å². The van der Waals surface area contributed by atoms with Crippen molar-refractivity contribution in [2.24, 2.45) is 0 Å². The summed E-state index contributed by atoms with van der Waals surface area (Å²) in [5, 5.41) is 13.1. The van der Waals surface area contributed by atoms with Crippen LogP contribution in [0, 0.1) is 0 Å². The van der Waals surface area contributed by atoms with Gasteiger partial charge in [0.1, 0.15) is 0 Å². The number of hydrogen-bond donors (Lipinski definition) is 1. The van der Waals surface area contributed by atoms with Crippen molar-refractivity contribution in [2.75, 3.05) is 17.1 Å². The van der Waals surface area contributed by atoms with Crippen molar-refractivity contribution < 1.29 is 13.5 Å². The van der Waals surface area contributed by atoms with Crippen molar-refractivity contribution in [3.05, 3.63) is 77.3 Å². The predicted octanol–water partition coefficient (Wildman–Crippen LogP) is 4.38. The number of para-hydroxylation sites is 2. The summed E-state index contributed by atoms with van der Waals surface area (Å²) in [7, 11) is -3.54. The Morgan fingerprint density at radius 2 is 1.45 bits per heavy atom. The average Bonchev–Trinajstić information content (AvgIpc) is 3.00. The second-order valence-corrected chi connectivity index (χ2v) is 9.89. The number of anilines is 1. The van der Waals surface area contributed by atoms with Gasteiger partial charge in [0, 0.05) is 26.3 Å². The lowest BCUT2D eigenvalue weighted by molar-refractivity contribution is 0.166. The van der Waals surface area contributed by atoms with Gasteiger partial charge < -0.3 is 9.67 Å². The van der Waals surface area contributed by atoms with Gasteiger partial charge in [0.15, 0.2) is 0 Å². The van der Waals surface area contributed by atoms with E-state index in [1.54, 1.807) is 24.3 Å². The van der Waals surface area contributed by atoms with E-state index in [9.17, 15) is 13.5 Å². The van der Waals surface area contributed by atoms with Gasteiger partial charge in [-0.3, -0.25) is 4.31 Å². The molecule has 0 unspecified atom stereocenters. The van der Waals surface area contributed by atoms with Crippen LogP contribution >= 0.6 is 15.9 Å². The highest BCUT2D eigenvalue weighted by molar-refractivity contribution is 9.10. The lowest BCUT2D eigenvalue weighted by Gasteiger charge is -2.25. The lowest BCUT2D eigenvalue weighted by atomic mass is 10.2. The van der Waals surface area contributed by atoms with Gasteiger partial charge in [-0.1, -0.05) is 52.3 Å². The van der Waals surface area contributed by atoms with Gasteiger partial charge in [0.05, 0.1) is 31.1 Å². The molecule has 1 atom stereocenters. The zero-order chi connectivity index (χ0) is 20.6. The first-order valence-electron chi connectivity index (χ1n) is 9.22. The minimum Gasteiger partial charge on any atom is -0.389 e. The van der Waals surface area contributed by atoms with E-state index in [0.29, 0.717) is 5.69 Å². The molecular weight excluding hydrogens is 452 g/mol. The van der Waals surface area contributed by atoms with Crippen molar-refractivity contribution in [2.45, 2.75) is 12.6 Å². The van der Waals surface area contributed by atoms with Gasteiger partial charge in [-0.25, -0.2) is 8.42 Å². The summed E-state index contributed by atoms with van der Waals surface area (Å²) in [4.78, 5) is 0. The quantitative estimate of drug-likeness (QED) is 0.452. The van der Waals surface area contributed by atoms with E-state index in [4.69, 9.17) is 0 Å². The van der Waals surface area contributed by atoms with Crippen LogP contribution in [0.2, 0.25) is 0 Å². The number of hydrogen-bond acceptors (Lipinski definition) is 3. The predicted molar refractivity (Wildman–Crippen MR) is 122 cm³/mol. The van der Waals surface area contributed by atoms with E-state index in [-0.39, 0.29) is 13.1 Å². The van der Waals surface area contributed by atoms with E-state index in [2.05, 4.69) is 32.6 Å². The zero-order valence-corrected chi connectivity index (χ0v) is 18.3. The SMILES string of the molecule is CS(=O)(=O)N(C[C@H](O)Cn1c2ccccc2c2ccccc21)c1ccc(Br)cc1. The average molecular weight is 473 g/mol. The molecule has 150 valence electrons. The van der Waals surface area contributed by atoms with Gasteiger partial charge in [-0.05, 0) is 36.4 Å². The molecule has 0 radical (unpaired) electrons. The minimum atomic E-state index is -3.54. The van der Waals surface area contributed by atoms with Crippen molar-refractivity contribution in [1.29, 1.82) is 0 Å². The molecule has 0 aliphatic rings. The van der Waals surface area contributed by atoms with Gasteiger partial charge in [0.2, 0.25) is 10.0 Å². The van der Waals surface area contributed by atoms with Crippen LogP contribution in [0.4, 0.5) is 5.69 Å². The number of halogens is 1. The summed E-state index contributed by atoms with van der Waals surface area (Å²) in [6.45, 7) is 0.262. The van der Waals surface area contributed by atoms with Crippen LogP contribution in [-0.4, -0.2) is 37.0 Å². The smallest absolute Gasteiger partial charge is 0.232 e. The van der Waals surface area contributed by atoms with Gasteiger partial charge >= 0.3 is 0 Å². The number of fused-ring (bicyclic) bond motifs is 3. The summed E-state index contributed by atoms with van der Waals surface area (Å²) in [5.41, 5.74) is 2.56. The Labute approximate surface area is 178 Å². The molecule has 0 fully saturated rings. The third-order valence-electron chi connectivity index (χ3n) is 4.96. The molecule has 0 aliphatic heterocycles. The first-order chi connectivity index (χ1) is 13.8. The fourth-order valence-electron chi connectivity index (χ4n) is 3.70. The van der Waals surface area contributed by atoms with E-state index in [1.807, 2.05) is 36.4 Å². The molecule has 5 nitrogen and oxygen atoms in total. The van der Waals surface area contributed by atoms with Crippen LogP contribution in [0.3, 0.4) is 0 Å². The molecule has 1 heterocycles. The highest BCUT2D eigenvalue weighted by Crippen LogP contribution is 2.29. The Morgan fingerprint density at radius 3 is 1.97 bits per heavy atom. The van der Waals surface area contributed by atoms with E-state index >= 15 is 0 Å². The van der Waals surface area contributed by atoms with Crippen molar-refractivity contribution >= 4 is 53.4 Å². The Bertz CT molecular complexity index is 1210. The molecule has 1 aromatic heterocycles. The molecule has 29 heavy (non-hydrogen) atoms. The maximum Gasteiger partial charge on any atom is 0.232 e. The number of nitrogens with zero attached hydrogens (tertiary/aromatic N) is 2. The summed E-state index contributed by atoms with van der Waals surface area (Å²) in [5.74, 6) is 0. The van der Waals surface area contributed by atoms with Gasteiger partial charge in [-0.2, -0.15) is 0 Å². The maximum atomic E-state index is 12.4. The van der Waals surface area contributed by atoms with Crippen molar-refractivity contribution in [1.82, 2.24) is 4.57 Å². The molecule has 0 bridgehead atoms. The van der Waals surface area contributed by atoms with Crippen LogP contribution in [0.15, 0.2) is 77.3 Å². The second kappa shape index (κ2) is 7.82. The molecule has 0 amide bonds. The minimum absolute atomic E-state index is 0.0265. The number of aromatic nitrogens is 1. The number of aliphatic hydroxyl groups excluding tert-OH is 1. The highest BCUT2D eigenvalue weighted by atomic mass is 79.9. The summed E-state index contributed by atoms with van der Waals surface area (Å²) in [6, 6.07) is 23.1. The van der Waals surface area contributed by atoms with Crippen LogP contribution in [0.25, 0.3) is 21.8 Å². The monoisotopic (exact) mass is 472 g/mol. The lowest BCUT2D eigenvalue weighted by Crippen LogP contribution is -2.38. The summed E-state index contributed by atoms with van der Waals surface area (Å²) >= 11 is 3.36. The molecule has 7 heteroatoms. The van der Waals surface area contributed by atoms with Crippen molar-refractivity contribution in [3.8, 4) is 0 Å². The second-order valence-electron chi connectivity index (χ2n) is 7.07. The largest absolute Gasteiger partial charge is 0.389 e. The number of sulfonamides is 1. The number of rotatable bonds is 6. The molecule has 0 spiro atoms. The molecule has 3 aromatic carbocycles. The first kappa shape index (κ1) is 19.9. The standard InChI is InChI=1S/C22H21BrN2O3S/c1-29(27,28)25(17-12-10-16(23)11-13-17)15-18(26)14-24-21-8-4-2-6-19(21)20-7-3-5-9-22(20)24/h2-13,18,26H,14-15H2,1H3/t18-/m1/s1. The third kappa shape index (κ3) is 4.03. The Hall–Kier alpha value is -2.35. The topological polar surface area (TPSA) is 62.5 Å². The third-order valence-corrected chi connectivity index (χ3v) is 6.65. The molecule has 0 saturated carbocycles. The Balaban J connectivity index is 1.68. The molecule has 0 aliphatic carbocycles. The normalized spacial score (nSPS) is 13.1. The van der Waals surface area contributed by atoms with E-state index in [0.717, 1.165) is 32.5 Å². The zero-order valence-electron chi connectivity index (χ0n) is 15.9. The Morgan fingerprint density at radius 1 is 0.931 bits per heavy atom. The van der Waals surface area contributed by atoms with Crippen LogP contribution in [0.5, 0.6) is 0 Å². The maximum absolute atomic E-state index is 12.4. The van der Waals surface area contributed by atoms with E-state index < -0.39 is 16.1 Å². The van der Waals surface area contributed by atoms with E-state index in [1.165, 1.54) is 4.31 Å². The molecule has 4 rings (SSSR count). The molecule has 4 aromatic rings. The fraction of sp³-hybridized carbons (Fsp3) is 0.182. The summed E-state index contributed by atoms with van der Waals surface area (Å²) in [6.07, 6.45) is 0.273. The first-order valence-corrected chi connectivity index (χ1v) is 11.9.